The molecule has 0 heterocycles. The van der Waals surface area contributed by atoms with Gasteiger partial charge in [0.1, 0.15) is 18.0 Å². The Hall–Kier alpha value is -1.00. The van der Waals surface area contributed by atoms with Crippen molar-refractivity contribution in [3.63, 3.8) is 0 Å². The lowest BCUT2D eigenvalue weighted by molar-refractivity contribution is -0.0610. The highest BCUT2D eigenvalue weighted by Gasteiger charge is 2.26. The number of nitrogens with zero attached hydrogens (tertiary/aromatic N) is 1. The van der Waals surface area contributed by atoms with Gasteiger partial charge < -0.3 is 33.2 Å². The smallest absolute Gasteiger partial charge is 0.144 e. The molecule has 28 heavy (non-hydrogen) atoms. The zero-order valence-corrected chi connectivity index (χ0v) is 17.8. The van der Waals surface area contributed by atoms with Gasteiger partial charge in [0.2, 0.25) is 0 Å². The monoisotopic (exact) mass is 403 g/mol. The molecule has 0 radical (unpaired) electrons. The first-order chi connectivity index (χ1) is 13.8. The van der Waals surface area contributed by atoms with Crippen LogP contribution in [0.4, 0.5) is 0 Å². The first kappa shape index (κ1) is 25.0. The van der Waals surface area contributed by atoms with Crippen LogP contribution in [0.2, 0.25) is 0 Å². The molecular formula is C20H37NO7. The van der Waals surface area contributed by atoms with E-state index in [0.29, 0.717) is 46.2 Å². The Morgan fingerprint density at radius 2 is 1.39 bits per heavy atom. The summed E-state index contributed by atoms with van der Waals surface area (Å²) in [6.45, 7) is 6.67. The summed E-state index contributed by atoms with van der Waals surface area (Å²) in [5, 5.41) is 0. The summed E-state index contributed by atoms with van der Waals surface area (Å²) in [6, 6.07) is 0. The number of methoxy groups -OCH3 is 4. The molecule has 0 aromatic rings. The first-order valence-electron chi connectivity index (χ1n) is 9.69. The van der Waals surface area contributed by atoms with Crippen LogP contribution in [0.25, 0.3) is 0 Å². The second-order valence-corrected chi connectivity index (χ2v) is 6.20. The van der Waals surface area contributed by atoms with Gasteiger partial charge in [-0.1, -0.05) is 12.2 Å². The SMILES string of the molecule is COCCN(CCOC)CCOCCOCCOC1C(OC)=CC=CC1OC. The van der Waals surface area contributed by atoms with Gasteiger partial charge in [0, 0.05) is 41.0 Å². The highest BCUT2D eigenvalue weighted by atomic mass is 16.6. The molecule has 8 heteroatoms. The van der Waals surface area contributed by atoms with E-state index in [1.54, 1.807) is 28.4 Å². The average molecular weight is 404 g/mol. The van der Waals surface area contributed by atoms with Gasteiger partial charge in [0.25, 0.3) is 0 Å². The van der Waals surface area contributed by atoms with E-state index in [-0.39, 0.29) is 12.2 Å². The Labute approximate surface area is 169 Å². The lowest BCUT2D eigenvalue weighted by Gasteiger charge is -2.27. The van der Waals surface area contributed by atoms with Crippen molar-refractivity contribution in [3.8, 4) is 0 Å². The molecule has 0 aromatic heterocycles. The third kappa shape index (κ3) is 10.5. The molecule has 0 spiro atoms. The fraction of sp³-hybridized carbons (Fsp3) is 0.800. The average Bonchev–Trinajstić information content (AvgIpc) is 2.73. The van der Waals surface area contributed by atoms with Crippen LogP contribution in [0.3, 0.4) is 0 Å². The van der Waals surface area contributed by atoms with Crippen molar-refractivity contribution < 1.29 is 33.2 Å². The molecule has 0 bridgehead atoms. The quantitative estimate of drug-likeness (QED) is 0.315. The van der Waals surface area contributed by atoms with Gasteiger partial charge in [-0.2, -0.15) is 0 Å². The van der Waals surface area contributed by atoms with Gasteiger partial charge in [-0.3, -0.25) is 4.90 Å². The minimum atomic E-state index is -0.245. The Balaban J connectivity index is 2.06. The fourth-order valence-corrected chi connectivity index (χ4v) is 2.71. The van der Waals surface area contributed by atoms with Gasteiger partial charge in [0.05, 0.1) is 53.4 Å². The van der Waals surface area contributed by atoms with E-state index in [4.69, 9.17) is 33.2 Å². The van der Waals surface area contributed by atoms with Crippen molar-refractivity contribution in [1.82, 2.24) is 4.90 Å². The summed E-state index contributed by atoms with van der Waals surface area (Å²) in [4.78, 5) is 2.26. The summed E-state index contributed by atoms with van der Waals surface area (Å²) < 4.78 is 38.1. The Morgan fingerprint density at radius 1 is 0.786 bits per heavy atom. The number of hydrogen-bond donors (Lipinski definition) is 0. The zero-order valence-electron chi connectivity index (χ0n) is 17.8. The number of ether oxygens (including phenoxy) is 7. The molecule has 2 unspecified atom stereocenters. The largest absolute Gasteiger partial charge is 0.498 e. The summed E-state index contributed by atoms with van der Waals surface area (Å²) in [5.74, 6) is 0.754. The Bertz CT molecular complexity index is 423. The van der Waals surface area contributed by atoms with Crippen LogP contribution < -0.4 is 0 Å². The molecule has 0 N–H and O–H groups in total. The molecule has 0 aromatic carbocycles. The molecule has 0 saturated carbocycles. The molecule has 0 amide bonds. The van der Waals surface area contributed by atoms with E-state index < -0.39 is 0 Å². The zero-order chi connectivity index (χ0) is 20.5. The van der Waals surface area contributed by atoms with Crippen molar-refractivity contribution in [1.29, 1.82) is 0 Å². The van der Waals surface area contributed by atoms with E-state index in [1.165, 1.54) is 0 Å². The highest BCUT2D eigenvalue weighted by Crippen LogP contribution is 2.19. The molecule has 2 atom stereocenters. The van der Waals surface area contributed by atoms with E-state index in [0.717, 1.165) is 25.4 Å². The van der Waals surface area contributed by atoms with Gasteiger partial charge in [-0.05, 0) is 6.08 Å². The van der Waals surface area contributed by atoms with Gasteiger partial charge in [-0.15, -0.1) is 0 Å². The number of allylic oxidation sites excluding steroid dienone is 2. The van der Waals surface area contributed by atoms with Gasteiger partial charge >= 0.3 is 0 Å². The third-order valence-corrected chi connectivity index (χ3v) is 4.32. The van der Waals surface area contributed by atoms with Gasteiger partial charge in [-0.25, -0.2) is 0 Å². The second-order valence-electron chi connectivity index (χ2n) is 6.20. The summed E-state index contributed by atoms with van der Waals surface area (Å²) in [7, 11) is 6.70. The Kier molecular flexibility index (Phi) is 15.1. The predicted octanol–water partition coefficient (Wildman–Crippen LogP) is 1.11. The van der Waals surface area contributed by atoms with Crippen LogP contribution in [-0.2, 0) is 33.2 Å². The molecule has 1 aliphatic carbocycles. The lowest BCUT2D eigenvalue weighted by Crippen LogP contribution is -2.34. The summed E-state index contributed by atoms with van der Waals surface area (Å²) in [5.41, 5.74) is 0. The highest BCUT2D eigenvalue weighted by molar-refractivity contribution is 5.22. The summed E-state index contributed by atoms with van der Waals surface area (Å²) >= 11 is 0. The standard InChI is InChI=1S/C20H37NO7/c1-22-11-8-21(9-12-23-2)10-13-26-14-15-27-16-17-28-20-18(24-3)6-5-7-19(20)25-4/h5-7,18,20H,8-17H2,1-4H3. The normalized spacial score (nSPS) is 19.2. The fourth-order valence-electron chi connectivity index (χ4n) is 2.71. The molecular weight excluding hydrogens is 366 g/mol. The van der Waals surface area contributed by atoms with Crippen LogP contribution in [0.1, 0.15) is 0 Å². The van der Waals surface area contributed by atoms with Crippen molar-refractivity contribution in [2.75, 3.05) is 94.3 Å². The summed E-state index contributed by atoms with van der Waals surface area (Å²) in [6.07, 6.45) is 5.35. The topological polar surface area (TPSA) is 67.9 Å². The second kappa shape index (κ2) is 16.9. The molecule has 0 saturated heterocycles. The van der Waals surface area contributed by atoms with Crippen LogP contribution >= 0.6 is 0 Å². The first-order valence-corrected chi connectivity index (χ1v) is 9.69. The van der Waals surface area contributed by atoms with Crippen LogP contribution in [0.15, 0.2) is 24.0 Å². The van der Waals surface area contributed by atoms with Crippen LogP contribution in [0.5, 0.6) is 0 Å². The third-order valence-electron chi connectivity index (χ3n) is 4.32. The number of hydrogen-bond acceptors (Lipinski definition) is 8. The molecule has 0 aliphatic heterocycles. The molecule has 8 nitrogen and oxygen atoms in total. The van der Waals surface area contributed by atoms with Crippen LogP contribution in [0, 0.1) is 0 Å². The van der Waals surface area contributed by atoms with Crippen LogP contribution in [-0.4, -0.2) is 111 Å². The van der Waals surface area contributed by atoms with E-state index >= 15 is 0 Å². The minimum Gasteiger partial charge on any atom is -0.498 e. The van der Waals surface area contributed by atoms with Crippen molar-refractivity contribution in [2.24, 2.45) is 0 Å². The maximum Gasteiger partial charge on any atom is 0.144 e. The molecule has 164 valence electrons. The van der Waals surface area contributed by atoms with Crippen molar-refractivity contribution in [2.45, 2.75) is 12.2 Å². The number of rotatable bonds is 18. The van der Waals surface area contributed by atoms with E-state index in [9.17, 15) is 0 Å². The molecule has 1 rings (SSSR count). The molecule has 1 aliphatic rings. The predicted molar refractivity (Wildman–Crippen MR) is 107 cm³/mol. The van der Waals surface area contributed by atoms with E-state index in [2.05, 4.69) is 4.90 Å². The van der Waals surface area contributed by atoms with Crippen molar-refractivity contribution in [3.05, 3.63) is 24.0 Å². The minimum absolute atomic E-state index is 0.151. The van der Waals surface area contributed by atoms with Crippen molar-refractivity contribution >= 4 is 0 Å². The van der Waals surface area contributed by atoms with Gasteiger partial charge in [0.15, 0.2) is 0 Å². The maximum absolute atomic E-state index is 5.86. The molecule has 0 fully saturated rings. The lowest BCUT2D eigenvalue weighted by atomic mass is 10.1. The van der Waals surface area contributed by atoms with E-state index in [1.807, 2.05) is 18.2 Å². The Morgan fingerprint density at radius 3 is 2.00 bits per heavy atom. The maximum atomic E-state index is 5.86.